The van der Waals surface area contributed by atoms with E-state index in [0.29, 0.717) is 17.2 Å². The van der Waals surface area contributed by atoms with Crippen molar-refractivity contribution in [3.05, 3.63) is 77.7 Å². The highest BCUT2D eigenvalue weighted by molar-refractivity contribution is 7.92. The Morgan fingerprint density at radius 3 is 2.19 bits per heavy atom. The number of rotatable bonds is 7. The second-order valence-corrected chi connectivity index (χ2v) is 9.88. The van der Waals surface area contributed by atoms with Crippen LogP contribution in [0.5, 0.6) is 11.5 Å². The molecule has 0 spiro atoms. The summed E-state index contributed by atoms with van der Waals surface area (Å²) in [5, 5.41) is 0.955. The summed E-state index contributed by atoms with van der Waals surface area (Å²) in [4.78, 5) is 5.98. The molecule has 0 amide bonds. The van der Waals surface area contributed by atoms with Crippen molar-refractivity contribution in [1.29, 1.82) is 0 Å². The van der Waals surface area contributed by atoms with Crippen LogP contribution in [0.2, 0.25) is 0 Å². The van der Waals surface area contributed by atoms with Gasteiger partial charge in [0.05, 0.1) is 24.8 Å². The van der Waals surface area contributed by atoms with Crippen LogP contribution in [-0.2, 0) is 10.0 Å². The minimum Gasteiger partial charge on any atom is -0.493 e. The van der Waals surface area contributed by atoms with Crippen LogP contribution < -0.4 is 14.2 Å². The van der Waals surface area contributed by atoms with Gasteiger partial charge in [-0.3, -0.25) is 4.72 Å². The Hall–Kier alpha value is -3.36. The number of nitrogens with zero attached hydrogens (tertiary/aromatic N) is 1. The molecular formula is C24H22N2O4S2. The van der Waals surface area contributed by atoms with Crippen molar-refractivity contribution in [2.24, 2.45) is 0 Å². The normalized spacial score (nSPS) is 11.2. The van der Waals surface area contributed by atoms with Gasteiger partial charge >= 0.3 is 0 Å². The van der Waals surface area contributed by atoms with Gasteiger partial charge in [0.25, 0.3) is 10.0 Å². The van der Waals surface area contributed by atoms with Crippen LogP contribution in [0.1, 0.15) is 4.88 Å². The second-order valence-electron chi connectivity index (χ2n) is 6.99. The van der Waals surface area contributed by atoms with E-state index in [4.69, 9.17) is 14.5 Å². The van der Waals surface area contributed by atoms with Gasteiger partial charge < -0.3 is 9.47 Å². The highest BCUT2D eigenvalue weighted by Gasteiger charge is 2.18. The fourth-order valence-electron chi connectivity index (χ4n) is 3.26. The van der Waals surface area contributed by atoms with E-state index in [1.54, 1.807) is 29.5 Å². The van der Waals surface area contributed by atoms with E-state index in [-0.39, 0.29) is 4.90 Å². The van der Waals surface area contributed by atoms with Crippen LogP contribution in [0.15, 0.2) is 77.7 Å². The van der Waals surface area contributed by atoms with Crippen molar-refractivity contribution in [3.63, 3.8) is 0 Å². The summed E-state index contributed by atoms with van der Waals surface area (Å²) in [5.41, 5.74) is 3.35. The number of hydrogen-bond donors (Lipinski definition) is 1. The number of hydrogen-bond acceptors (Lipinski definition) is 6. The van der Waals surface area contributed by atoms with E-state index >= 15 is 0 Å². The summed E-state index contributed by atoms with van der Waals surface area (Å²) in [7, 11) is -0.827. The molecule has 0 saturated heterocycles. The predicted octanol–water partition coefficient (Wildman–Crippen LogP) is 5.60. The molecule has 0 aliphatic heterocycles. The Bertz CT molecular complexity index is 1330. The van der Waals surface area contributed by atoms with Crippen molar-refractivity contribution in [1.82, 2.24) is 4.98 Å². The number of ether oxygens (including phenoxy) is 2. The van der Waals surface area contributed by atoms with Crippen LogP contribution in [0.4, 0.5) is 5.69 Å². The standard InChI is InChI=1S/C24H22N2O4S2/c1-16-23(25-24(31-16)18-7-5-4-6-8-18)17-9-11-19(12-10-17)26-32(27,28)20-13-14-21(29-2)22(15-20)30-3/h4-15,26H,1-3H3. The number of aromatic nitrogens is 1. The molecule has 8 heteroatoms. The maximum atomic E-state index is 12.8. The van der Waals surface area contributed by atoms with Gasteiger partial charge in [-0.05, 0) is 31.2 Å². The number of nitrogens with one attached hydrogen (secondary N) is 1. The van der Waals surface area contributed by atoms with Crippen LogP contribution >= 0.6 is 11.3 Å². The molecule has 0 atom stereocenters. The van der Waals surface area contributed by atoms with Crippen molar-refractivity contribution in [2.45, 2.75) is 11.8 Å². The molecule has 1 N–H and O–H groups in total. The molecule has 0 aliphatic carbocycles. The Morgan fingerprint density at radius 2 is 1.53 bits per heavy atom. The third-order valence-electron chi connectivity index (χ3n) is 4.89. The lowest BCUT2D eigenvalue weighted by Gasteiger charge is -2.12. The summed E-state index contributed by atoms with van der Waals surface area (Å²) < 4.78 is 38.6. The van der Waals surface area contributed by atoms with Gasteiger partial charge in [0.15, 0.2) is 11.5 Å². The molecule has 4 aromatic rings. The second kappa shape index (κ2) is 9.02. The lowest BCUT2D eigenvalue weighted by atomic mass is 10.1. The Labute approximate surface area is 191 Å². The SMILES string of the molecule is COc1ccc(S(=O)(=O)Nc2ccc(-c3nc(-c4ccccc4)sc3C)cc2)cc1OC. The monoisotopic (exact) mass is 466 g/mol. The molecular weight excluding hydrogens is 444 g/mol. The van der Waals surface area contributed by atoms with E-state index in [2.05, 4.69) is 4.72 Å². The van der Waals surface area contributed by atoms with Crippen LogP contribution in [0, 0.1) is 6.92 Å². The van der Waals surface area contributed by atoms with Gasteiger partial charge in [-0.1, -0.05) is 42.5 Å². The zero-order chi connectivity index (χ0) is 22.7. The molecule has 1 heterocycles. The number of methoxy groups -OCH3 is 2. The predicted molar refractivity (Wildman–Crippen MR) is 128 cm³/mol. The number of thiazole rings is 1. The molecule has 6 nitrogen and oxygen atoms in total. The summed E-state index contributed by atoms with van der Waals surface area (Å²) in [6, 6.07) is 21.7. The van der Waals surface area contributed by atoms with Crippen molar-refractivity contribution < 1.29 is 17.9 Å². The molecule has 4 rings (SSSR count). The third kappa shape index (κ3) is 4.46. The highest BCUT2D eigenvalue weighted by Crippen LogP contribution is 2.34. The van der Waals surface area contributed by atoms with E-state index in [9.17, 15) is 8.42 Å². The number of aryl methyl sites for hydroxylation is 1. The number of benzene rings is 3. The van der Waals surface area contributed by atoms with Crippen LogP contribution in [0.25, 0.3) is 21.8 Å². The molecule has 0 bridgehead atoms. The minimum atomic E-state index is -3.79. The summed E-state index contributed by atoms with van der Waals surface area (Å²) in [6.07, 6.45) is 0. The summed E-state index contributed by atoms with van der Waals surface area (Å²) >= 11 is 1.64. The molecule has 0 unspecified atom stereocenters. The summed E-state index contributed by atoms with van der Waals surface area (Å²) in [5.74, 6) is 0.809. The Kier molecular flexibility index (Phi) is 6.16. The van der Waals surface area contributed by atoms with Crippen molar-refractivity contribution in [3.8, 4) is 33.3 Å². The largest absolute Gasteiger partial charge is 0.493 e. The molecule has 164 valence electrons. The summed E-state index contributed by atoms with van der Waals surface area (Å²) in [6.45, 7) is 2.03. The molecule has 32 heavy (non-hydrogen) atoms. The fraction of sp³-hybridized carbons (Fsp3) is 0.125. The number of sulfonamides is 1. The quantitative estimate of drug-likeness (QED) is 0.383. The van der Waals surface area contributed by atoms with Gasteiger partial charge in [-0.25, -0.2) is 13.4 Å². The third-order valence-corrected chi connectivity index (χ3v) is 7.29. The molecule has 0 radical (unpaired) electrons. The van der Waals surface area contributed by atoms with Crippen molar-refractivity contribution in [2.75, 3.05) is 18.9 Å². The van der Waals surface area contributed by atoms with E-state index in [0.717, 1.165) is 26.7 Å². The van der Waals surface area contributed by atoms with E-state index in [1.807, 2.05) is 49.4 Å². The van der Waals surface area contributed by atoms with Crippen LogP contribution in [0.3, 0.4) is 0 Å². The molecule has 0 saturated carbocycles. The maximum absolute atomic E-state index is 12.8. The first-order valence-electron chi connectivity index (χ1n) is 9.79. The zero-order valence-corrected chi connectivity index (χ0v) is 19.5. The minimum absolute atomic E-state index is 0.0853. The smallest absolute Gasteiger partial charge is 0.262 e. The average molecular weight is 467 g/mol. The maximum Gasteiger partial charge on any atom is 0.262 e. The molecule has 1 aromatic heterocycles. The molecule has 3 aromatic carbocycles. The highest BCUT2D eigenvalue weighted by atomic mass is 32.2. The topological polar surface area (TPSA) is 77.5 Å². The Balaban J connectivity index is 1.56. The first-order valence-corrected chi connectivity index (χ1v) is 12.1. The van der Waals surface area contributed by atoms with Gasteiger partial charge in [0, 0.05) is 27.8 Å². The molecule has 0 fully saturated rings. The average Bonchev–Trinajstić information content (AvgIpc) is 3.21. The lowest BCUT2D eigenvalue weighted by Crippen LogP contribution is -2.13. The Morgan fingerprint density at radius 1 is 0.844 bits per heavy atom. The van der Waals surface area contributed by atoms with Gasteiger partial charge in [0.2, 0.25) is 0 Å². The van der Waals surface area contributed by atoms with Gasteiger partial charge in [0.1, 0.15) is 5.01 Å². The molecule has 0 aliphatic rings. The van der Waals surface area contributed by atoms with E-state index < -0.39 is 10.0 Å². The van der Waals surface area contributed by atoms with Crippen LogP contribution in [-0.4, -0.2) is 27.6 Å². The van der Waals surface area contributed by atoms with Gasteiger partial charge in [-0.15, -0.1) is 11.3 Å². The van der Waals surface area contributed by atoms with Crippen molar-refractivity contribution >= 4 is 27.0 Å². The first-order chi connectivity index (χ1) is 15.4. The first kappa shape index (κ1) is 21.9. The zero-order valence-electron chi connectivity index (χ0n) is 17.8. The number of anilines is 1. The lowest BCUT2D eigenvalue weighted by molar-refractivity contribution is 0.354. The fourth-order valence-corrected chi connectivity index (χ4v) is 5.28. The van der Waals surface area contributed by atoms with Gasteiger partial charge in [-0.2, -0.15) is 0 Å². The van der Waals surface area contributed by atoms with E-state index in [1.165, 1.54) is 26.4 Å².